The Morgan fingerprint density at radius 1 is 1.32 bits per heavy atom. The van der Waals surface area contributed by atoms with Gasteiger partial charge in [0.1, 0.15) is 5.82 Å². The summed E-state index contributed by atoms with van der Waals surface area (Å²) in [5, 5.41) is 3.48. The molecule has 10 heteroatoms. The number of pyridine rings is 1. The van der Waals surface area contributed by atoms with Crippen molar-refractivity contribution in [3.8, 4) is 0 Å². The number of rotatable bonds is 6. The lowest BCUT2D eigenvalue weighted by Gasteiger charge is -2.34. The van der Waals surface area contributed by atoms with Gasteiger partial charge >= 0.3 is 23.9 Å². The van der Waals surface area contributed by atoms with Crippen LogP contribution < -0.4 is 10.6 Å². The van der Waals surface area contributed by atoms with E-state index in [0.717, 1.165) is 0 Å². The van der Waals surface area contributed by atoms with E-state index in [1.807, 2.05) is 5.32 Å². The highest BCUT2D eigenvalue weighted by Crippen LogP contribution is 2.33. The van der Waals surface area contributed by atoms with Crippen molar-refractivity contribution >= 4 is 17.9 Å². The van der Waals surface area contributed by atoms with Crippen molar-refractivity contribution in [2.45, 2.75) is 45.6 Å². The fourth-order valence-electron chi connectivity index (χ4n) is 1.82. The average Bonchev–Trinajstić information content (AvgIpc) is 2.44. The summed E-state index contributed by atoms with van der Waals surface area (Å²) >= 11 is 0. The molecule has 0 spiro atoms. The number of carbonyl (C=O) groups is 2. The lowest BCUT2D eigenvalue weighted by atomic mass is 10.1. The minimum Gasteiger partial charge on any atom is -0.463 e. The van der Waals surface area contributed by atoms with E-state index in [-0.39, 0.29) is 12.4 Å². The van der Waals surface area contributed by atoms with Gasteiger partial charge in [-0.2, -0.15) is 13.2 Å². The highest BCUT2D eigenvalue weighted by molar-refractivity contribution is 5.89. The van der Waals surface area contributed by atoms with Crippen molar-refractivity contribution in [2.24, 2.45) is 0 Å². The van der Waals surface area contributed by atoms with Crippen LogP contribution in [0.4, 0.5) is 23.8 Å². The highest BCUT2D eigenvalue weighted by Gasteiger charge is 2.64. The van der Waals surface area contributed by atoms with E-state index in [9.17, 15) is 22.8 Å². The van der Waals surface area contributed by atoms with E-state index >= 15 is 0 Å². The van der Waals surface area contributed by atoms with E-state index in [4.69, 9.17) is 0 Å². The summed E-state index contributed by atoms with van der Waals surface area (Å²) in [5.74, 6) is -2.00. The number of nitrogens with one attached hydrogen (secondary N) is 2. The molecular formula is C15H20F3N3O4. The van der Waals surface area contributed by atoms with Crippen LogP contribution in [0.15, 0.2) is 18.3 Å². The van der Waals surface area contributed by atoms with Gasteiger partial charge in [-0.3, -0.25) is 5.32 Å². The van der Waals surface area contributed by atoms with Crippen LogP contribution in [0.2, 0.25) is 0 Å². The Hall–Kier alpha value is -2.52. The minimum absolute atomic E-state index is 0.268. The van der Waals surface area contributed by atoms with Crippen molar-refractivity contribution in [1.82, 2.24) is 10.3 Å². The Kier molecular flexibility index (Phi) is 6.60. The summed E-state index contributed by atoms with van der Waals surface area (Å²) in [5.41, 5.74) is -2.95. The molecule has 0 aliphatic rings. The zero-order valence-electron chi connectivity index (χ0n) is 14.2. The van der Waals surface area contributed by atoms with Crippen molar-refractivity contribution in [1.29, 1.82) is 0 Å². The van der Waals surface area contributed by atoms with E-state index in [1.54, 1.807) is 18.3 Å². The van der Waals surface area contributed by atoms with Gasteiger partial charge in [-0.25, -0.2) is 14.6 Å². The Morgan fingerprint density at radius 2 is 1.96 bits per heavy atom. The molecule has 0 saturated carbocycles. The SMILES string of the molecule is CCOC(=O)[C@](NC(=O)OC(C)C)(Nc1cc(C)ccn1)C(F)(F)F. The van der Waals surface area contributed by atoms with Crippen molar-refractivity contribution in [2.75, 3.05) is 11.9 Å². The number of aromatic nitrogens is 1. The maximum absolute atomic E-state index is 13.8. The number of alkyl halides is 3. The second-order valence-electron chi connectivity index (χ2n) is 5.39. The molecule has 0 bridgehead atoms. The first-order valence-electron chi connectivity index (χ1n) is 7.45. The van der Waals surface area contributed by atoms with Gasteiger partial charge in [-0.05, 0) is 45.4 Å². The number of halogens is 3. The topological polar surface area (TPSA) is 89.5 Å². The number of aryl methyl sites for hydroxylation is 1. The number of esters is 1. The summed E-state index contributed by atoms with van der Waals surface area (Å²) in [4.78, 5) is 27.6. The van der Waals surface area contributed by atoms with Crippen LogP contribution in [0.3, 0.4) is 0 Å². The summed E-state index contributed by atoms with van der Waals surface area (Å²) in [7, 11) is 0. The highest BCUT2D eigenvalue weighted by atomic mass is 19.4. The zero-order chi connectivity index (χ0) is 19.3. The first-order chi connectivity index (χ1) is 11.5. The molecule has 0 radical (unpaired) electrons. The third-order valence-electron chi connectivity index (χ3n) is 2.87. The number of anilines is 1. The Morgan fingerprint density at radius 3 is 2.44 bits per heavy atom. The largest absolute Gasteiger partial charge is 0.463 e. The second-order valence-corrected chi connectivity index (χ2v) is 5.39. The van der Waals surface area contributed by atoms with Crippen LogP contribution in [0.5, 0.6) is 0 Å². The van der Waals surface area contributed by atoms with Crippen LogP contribution in [0, 0.1) is 6.92 Å². The fourth-order valence-corrected chi connectivity index (χ4v) is 1.82. The first-order valence-corrected chi connectivity index (χ1v) is 7.45. The third-order valence-corrected chi connectivity index (χ3v) is 2.87. The molecule has 1 rings (SSSR count). The number of carbonyl (C=O) groups excluding carboxylic acids is 2. The monoisotopic (exact) mass is 363 g/mol. The van der Waals surface area contributed by atoms with Crippen molar-refractivity contribution in [3.05, 3.63) is 23.9 Å². The molecule has 0 aliphatic heterocycles. The fraction of sp³-hybridized carbons (Fsp3) is 0.533. The summed E-state index contributed by atoms with van der Waals surface area (Å²) in [6.45, 7) is 5.56. The van der Waals surface area contributed by atoms with Crippen LogP contribution >= 0.6 is 0 Å². The van der Waals surface area contributed by atoms with E-state index in [0.29, 0.717) is 5.56 Å². The Bertz CT molecular complexity index is 622. The maximum atomic E-state index is 13.8. The number of hydrogen-bond acceptors (Lipinski definition) is 6. The van der Waals surface area contributed by atoms with Crippen LogP contribution in [0.25, 0.3) is 0 Å². The molecule has 0 saturated heterocycles. The molecule has 25 heavy (non-hydrogen) atoms. The predicted octanol–water partition coefficient (Wildman–Crippen LogP) is 2.76. The van der Waals surface area contributed by atoms with Crippen molar-refractivity contribution < 1.29 is 32.2 Å². The average molecular weight is 363 g/mol. The quantitative estimate of drug-likeness (QED) is 0.597. The molecule has 2 N–H and O–H groups in total. The van der Waals surface area contributed by atoms with Gasteiger partial charge in [0.15, 0.2) is 0 Å². The first kappa shape index (κ1) is 20.5. The molecule has 1 atom stereocenters. The van der Waals surface area contributed by atoms with Crippen molar-refractivity contribution in [3.63, 3.8) is 0 Å². The van der Waals surface area contributed by atoms with Crippen LogP contribution in [0.1, 0.15) is 26.3 Å². The smallest absolute Gasteiger partial charge is 0.442 e. The second kappa shape index (κ2) is 8.04. The molecule has 1 heterocycles. The minimum atomic E-state index is -5.24. The predicted molar refractivity (Wildman–Crippen MR) is 82.8 cm³/mol. The van der Waals surface area contributed by atoms with Gasteiger partial charge in [0.05, 0.1) is 12.7 Å². The number of alkyl carbamates (subject to hydrolysis) is 1. The molecule has 1 amide bonds. The molecule has 0 unspecified atom stereocenters. The lowest BCUT2D eigenvalue weighted by Crippen LogP contribution is -2.69. The summed E-state index contributed by atoms with van der Waals surface area (Å²) in [6, 6.07) is 2.85. The van der Waals surface area contributed by atoms with Gasteiger partial charge in [-0.1, -0.05) is 0 Å². The van der Waals surface area contributed by atoms with Crippen LogP contribution in [-0.4, -0.2) is 41.6 Å². The molecule has 0 aliphatic carbocycles. The normalized spacial score (nSPS) is 13.8. The van der Waals surface area contributed by atoms with Gasteiger partial charge in [0.25, 0.3) is 0 Å². The third kappa shape index (κ3) is 5.23. The number of ether oxygens (including phenoxy) is 2. The standard InChI is InChI=1S/C15H20F3N3O4/c1-5-24-12(22)14(15(16,17)18,21-13(23)25-9(2)3)20-11-8-10(4)6-7-19-11/h6-9H,5H2,1-4H3,(H,19,20)(H,21,23)/t14-/m1/s1. The zero-order valence-corrected chi connectivity index (χ0v) is 14.2. The van der Waals surface area contributed by atoms with Crippen LogP contribution in [-0.2, 0) is 14.3 Å². The molecule has 1 aromatic heterocycles. The molecule has 140 valence electrons. The van der Waals surface area contributed by atoms with Gasteiger partial charge in [-0.15, -0.1) is 0 Å². The molecule has 1 aromatic rings. The van der Waals surface area contributed by atoms with E-state index in [1.165, 1.54) is 33.0 Å². The maximum Gasteiger partial charge on any atom is 0.442 e. The molecule has 7 nitrogen and oxygen atoms in total. The summed E-state index contributed by atoms with van der Waals surface area (Å²) < 4.78 is 50.5. The van der Waals surface area contributed by atoms with Gasteiger partial charge in [0, 0.05) is 6.20 Å². The molecule has 0 aromatic carbocycles. The number of amides is 1. The Balaban J connectivity index is 3.33. The Labute approximate surface area is 142 Å². The number of nitrogens with zero attached hydrogens (tertiary/aromatic N) is 1. The molecule has 0 fully saturated rings. The van der Waals surface area contributed by atoms with E-state index < -0.39 is 30.0 Å². The molecular weight excluding hydrogens is 343 g/mol. The lowest BCUT2D eigenvalue weighted by molar-refractivity contribution is -0.205. The van der Waals surface area contributed by atoms with Gasteiger partial charge in [0.2, 0.25) is 0 Å². The van der Waals surface area contributed by atoms with E-state index in [2.05, 4.69) is 14.5 Å². The summed E-state index contributed by atoms with van der Waals surface area (Å²) in [6.07, 6.45) is -6.09. The van der Waals surface area contributed by atoms with Gasteiger partial charge < -0.3 is 14.8 Å². The number of hydrogen-bond donors (Lipinski definition) is 2.